The van der Waals surface area contributed by atoms with Crippen molar-refractivity contribution in [1.29, 1.82) is 0 Å². The van der Waals surface area contributed by atoms with Gasteiger partial charge in [-0.25, -0.2) is 0 Å². The minimum Gasteiger partial charge on any atom is -0.501 e. The molecule has 227 valence electrons. The van der Waals surface area contributed by atoms with Crippen molar-refractivity contribution in [2.24, 2.45) is 11.8 Å². The zero-order valence-corrected chi connectivity index (χ0v) is 27.7. The van der Waals surface area contributed by atoms with E-state index in [0.717, 1.165) is 56.3 Å². The topological polar surface area (TPSA) is 38.9 Å². The minimum absolute atomic E-state index is 0. The van der Waals surface area contributed by atoms with Crippen LogP contribution in [0, 0.1) is 24.0 Å². The van der Waals surface area contributed by atoms with Crippen LogP contribution in [0.3, 0.4) is 0 Å². The molecule has 4 aromatic carbocycles. The van der Waals surface area contributed by atoms with Crippen LogP contribution in [0.5, 0.6) is 0 Å². The summed E-state index contributed by atoms with van der Waals surface area (Å²) in [5.74, 6) is 2.51. The van der Waals surface area contributed by atoms with Gasteiger partial charge in [0.2, 0.25) is 0 Å². The third kappa shape index (κ3) is 4.75. The summed E-state index contributed by atoms with van der Waals surface area (Å²) < 4.78 is 6.31. The third-order valence-electron chi connectivity index (χ3n) is 10.3. The predicted molar refractivity (Wildman–Crippen MR) is 180 cm³/mol. The molecule has 7 aromatic rings. The van der Waals surface area contributed by atoms with Crippen molar-refractivity contribution in [1.82, 2.24) is 9.97 Å². The largest absolute Gasteiger partial charge is 0.501 e. The summed E-state index contributed by atoms with van der Waals surface area (Å²) in [5.41, 5.74) is 11.8. The number of benzene rings is 4. The molecule has 4 aliphatic rings. The van der Waals surface area contributed by atoms with Gasteiger partial charge in [-0.1, -0.05) is 84.5 Å². The molecule has 3 heterocycles. The second-order valence-corrected chi connectivity index (χ2v) is 12.6. The van der Waals surface area contributed by atoms with Crippen molar-refractivity contribution in [3.05, 3.63) is 156 Å². The molecule has 3 aromatic heterocycles. The first-order chi connectivity index (χ1) is 22.3. The summed E-state index contributed by atoms with van der Waals surface area (Å²) in [5, 5.41) is 2.29. The van der Waals surface area contributed by atoms with E-state index in [0.29, 0.717) is 11.8 Å². The summed E-state index contributed by atoms with van der Waals surface area (Å²) in [4.78, 5) is 9.24. The fraction of sp³-hybridized carbons (Fsp3) is 0.190. The van der Waals surface area contributed by atoms with Crippen molar-refractivity contribution in [2.75, 3.05) is 0 Å². The standard InChI is InChI=1S/C31H24NO.C11H8N.Ir/c1-3-11-21-19(9-1)29-20-10-2-4-12-22(20)30(21)26-17-32-27(16-25(26)29)24-14-7-13-23-18-8-5-6-15-28(18)33-31(23)24;1-2-6-10(7-3-1)11-8-4-5-9-12-11;/h1,3,5-9,11,13,15-17,20,22,29-30H,2,4,10,12H2;1-6,8-9H;/q2*-1;. The molecule has 3 nitrogen and oxygen atoms in total. The molecule has 0 spiro atoms. The summed E-state index contributed by atoms with van der Waals surface area (Å²) >= 11 is 0. The number of pyridine rings is 2. The Balaban J connectivity index is 0.000000204. The molecule has 0 aliphatic heterocycles. The number of furan rings is 1. The van der Waals surface area contributed by atoms with E-state index in [1.54, 1.807) is 17.3 Å². The van der Waals surface area contributed by atoms with Crippen molar-refractivity contribution in [2.45, 2.75) is 37.5 Å². The maximum absolute atomic E-state index is 6.31. The Hall–Kier alpha value is -4.37. The Morgan fingerprint density at radius 3 is 2.11 bits per heavy atom. The maximum Gasteiger partial charge on any atom is 0.120 e. The Morgan fingerprint density at radius 1 is 0.609 bits per heavy atom. The average Bonchev–Trinajstić information content (AvgIpc) is 3.51. The van der Waals surface area contributed by atoms with Gasteiger partial charge in [0.05, 0.1) is 5.58 Å². The Morgan fingerprint density at radius 2 is 1.35 bits per heavy atom. The molecule has 0 N–H and O–H groups in total. The van der Waals surface area contributed by atoms with Crippen LogP contribution in [0.1, 0.15) is 59.8 Å². The SMILES string of the molecule is [Ir].[c-]1ccc2c(oc3ccccc32)c1-c1cc2c(cn1)C1c3ccccc3C2C2CCCCC12.[c-]1ccccc1-c1ccccn1. The summed E-state index contributed by atoms with van der Waals surface area (Å²) in [6.07, 6.45) is 9.41. The second-order valence-electron chi connectivity index (χ2n) is 12.6. The van der Waals surface area contributed by atoms with Crippen molar-refractivity contribution < 1.29 is 24.5 Å². The van der Waals surface area contributed by atoms with E-state index in [2.05, 4.69) is 71.8 Å². The number of para-hydroxylation sites is 1. The molecule has 2 bridgehead atoms. The van der Waals surface area contributed by atoms with Crippen LogP contribution >= 0.6 is 0 Å². The zero-order valence-electron chi connectivity index (χ0n) is 25.3. The number of aromatic nitrogens is 2. The van der Waals surface area contributed by atoms with Gasteiger partial charge < -0.3 is 14.4 Å². The van der Waals surface area contributed by atoms with Gasteiger partial charge in [0, 0.05) is 49.7 Å². The monoisotopic (exact) mass is 773 g/mol. The predicted octanol–water partition coefficient (Wildman–Crippen LogP) is 10.4. The van der Waals surface area contributed by atoms with Gasteiger partial charge in [-0.3, -0.25) is 0 Å². The quantitative estimate of drug-likeness (QED) is 0.164. The first-order valence-corrected chi connectivity index (χ1v) is 16.1. The maximum atomic E-state index is 6.31. The molecule has 11 rings (SSSR count). The molecule has 1 fully saturated rings. The van der Waals surface area contributed by atoms with Gasteiger partial charge in [0.1, 0.15) is 5.58 Å². The first-order valence-electron chi connectivity index (χ1n) is 16.1. The fourth-order valence-electron chi connectivity index (χ4n) is 8.45. The molecule has 4 atom stereocenters. The molecule has 0 saturated heterocycles. The third-order valence-corrected chi connectivity index (χ3v) is 10.3. The number of rotatable bonds is 2. The number of nitrogens with zero attached hydrogens (tertiary/aromatic N) is 2. The van der Waals surface area contributed by atoms with Crippen LogP contribution in [0.25, 0.3) is 44.5 Å². The summed E-state index contributed by atoms with van der Waals surface area (Å²) in [6, 6.07) is 44.2. The molecular weight excluding hydrogens is 741 g/mol. The summed E-state index contributed by atoms with van der Waals surface area (Å²) in [7, 11) is 0. The van der Waals surface area contributed by atoms with E-state index in [1.807, 2.05) is 60.7 Å². The summed E-state index contributed by atoms with van der Waals surface area (Å²) in [6.45, 7) is 0. The van der Waals surface area contributed by atoms with Crippen LogP contribution in [0.15, 0.2) is 126 Å². The molecule has 46 heavy (non-hydrogen) atoms. The normalized spacial score (nSPS) is 20.5. The molecule has 4 heteroatoms. The smallest absolute Gasteiger partial charge is 0.120 e. The molecule has 4 aliphatic carbocycles. The molecule has 4 unspecified atom stereocenters. The van der Waals surface area contributed by atoms with Crippen molar-refractivity contribution >= 4 is 21.9 Å². The van der Waals surface area contributed by atoms with Gasteiger partial charge in [0.15, 0.2) is 0 Å². The van der Waals surface area contributed by atoms with Gasteiger partial charge in [0.25, 0.3) is 0 Å². The zero-order chi connectivity index (χ0) is 29.7. The van der Waals surface area contributed by atoms with Gasteiger partial charge >= 0.3 is 0 Å². The molecular formula is C42H32IrN2O-2. The van der Waals surface area contributed by atoms with Gasteiger partial charge in [-0.2, -0.15) is 0 Å². The molecule has 1 saturated carbocycles. The van der Waals surface area contributed by atoms with E-state index >= 15 is 0 Å². The van der Waals surface area contributed by atoms with Gasteiger partial charge in [-0.05, 0) is 70.5 Å². The van der Waals surface area contributed by atoms with E-state index in [9.17, 15) is 0 Å². The van der Waals surface area contributed by atoms with E-state index < -0.39 is 0 Å². The van der Waals surface area contributed by atoms with Gasteiger partial charge in [-0.15, -0.1) is 54.1 Å². The molecule has 0 amide bonds. The molecule has 1 radical (unpaired) electrons. The van der Waals surface area contributed by atoms with Crippen LogP contribution in [0.2, 0.25) is 0 Å². The fourth-order valence-corrected chi connectivity index (χ4v) is 8.45. The van der Waals surface area contributed by atoms with Crippen LogP contribution in [-0.2, 0) is 20.1 Å². The Kier molecular flexibility index (Phi) is 7.64. The van der Waals surface area contributed by atoms with Crippen LogP contribution < -0.4 is 0 Å². The first kappa shape index (κ1) is 29.1. The van der Waals surface area contributed by atoms with Crippen molar-refractivity contribution in [3.63, 3.8) is 0 Å². The Labute approximate surface area is 283 Å². The van der Waals surface area contributed by atoms with E-state index in [4.69, 9.17) is 9.40 Å². The van der Waals surface area contributed by atoms with E-state index in [1.165, 1.54) is 36.8 Å². The van der Waals surface area contributed by atoms with Crippen LogP contribution in [-0.4, -0.2) is 9.97 Å². The van der Waals surface area contributed by atoms with E-state index in [-0.39, 0.29) is 20.1 Å². The number of hydrogen-bond acceptors (Lipinski definition) is 3. The van der Waals surface area contributed by atoms with Crippen LogP contribution in [0.4, 0.5) is 0 Å². The van der Waals surface area contributed by atoms with Crippen molar-refractivity contribution in [3.8, 4) is 22.5 Å². The second kappa shape index (κ2) is 12.1. The number of fused-ring (bicyclic) bond motifs is 3. The number of hydrogen-bond donors (Lipinski definition) is 0. The Bertz CT molecular complexity index is 2120. The average molecular weight is 773 g/mol. The minimum atomic E-state index is 0.